The number of benzene rings is 1. The maximum Gasteiger partial charge on any atom is 0.241 e. The fourth-order valence-corrected chi connectivity index (χ4v) is 1.18. The van der Waals surface area contributed by atoms with Gasteiger partial charge in [0, 0.05) is 17.7 Å². The summed E-state index contributed by atoms with van der Waals surface area (Å²) < 4.78 is 9.97. The van der Waals surface area contributed by atoms with Gasteiger partial charge in [0.1, 0.15) is 5.75 Å². The van der Waals surface area contributed by atoms with Gasteiger partial charge in [0.2, 0.25) is 5.91 Å². The second kappa shape index (κ2) is 5.06. The van der Waals surface area contributed by atoms with Crippen molar-refractivity contribution >= 4 is 12.0 Å². The largest absolute Gasteiger partial charge is 0.504 e. The van der Waals surface area contributed by atoms with E-state index in [9.17, 15) is 9.90 Å². The Hall–Kier alpha value is -2.17. The van der Waals surface area contributed by atoms with Crippen LogP contribution in [-0.4, -0.2) is 25.2 Å². The highest BCUT2D eigenvalue weighted by Crippen LogP contribution is 2.35. The summed E-state index contributed by atoms with van der Waals surface area (Å²) in [7, 11) is 2.92. The molecule has 0 radical (unpaired) electrons. The van der Waals surface area contributed by atoms with Gasteiger partial charge < -0.3 is 20.3 Å². The molecular weight excluding hydrogens is 210 g/mol. The zero-order valence-electron chi connectivity index (χ0n) is 9.06. The summed E-state index contributed by atoms with van der Waals surface area (Å²) in [5, 5.41) is 9.74. The van der Waals surface area contributed by atoms with E-state index in [0.29, 0.717) is 11.3 Å². The van der Waals surface area contributed by atoms with Crippen molar-refractivity contribution in [3.05, 3.63) is 23.8 Å². The molecule has 0 atom stereocenters. The molecule has 1 amide bonds. The topological polar surface area (TPSA) is 81.8 Å². The van der Waals surface area contributed by atoms with Crippen molar-refractivity contribution in [3.8, 4) is 17.2 Å². The standard InChI is InChI=1S/C11H13NO4/c1-15-8-5-7(3-4-10(12)13)11(14)9(6-8)16-2/h3-6,14H,1-2H3,(H2,12,13)/b4-3+. The van der Waals surface area contributed by atoms with Crippen LogP contribution in [0.4, 0.5) is 0 Å². The number of aromatic hydroxyl groups is 1. The number of carbonyl (C=O) groups is 1. The Morgan fingerprint density at radius 2 is 2.06 bits per heavy atom. The summed E-state index contributed by atoms with van der Waals surface area (Å²) in [5.74, 6) is 0.115. The van der Waals surface area contributed by atoms with Crippen LogP contribution in [0.15, 0.2) is 18.2 Å². The molecule has 86 valence electrons. The second-order valence-corrected chi connectivity index (χ2v) is 3.00. The molecule has 1 aromatic carbocycles. The van der Waals surface area contributed by atoms with E-state index in [4.69, 9.17) is 15.2 Å². The van der Waals surface area contributed by atoms with Crippen molar-refractivity contribution in [2.75, 3.05) is 14.2 Å². The lowest BCUT2D eigenvalue weighted by Gasteiger charge is -2.08. The molecule has 0 aromatic heterocycles. The molecule has 1 rings (SSSR count). The van der Waals surface area contributed by atoms with Gasteiger partial charge in [0.25, 0.3) is 0 Å². The lowest BCUT2D eigenvalue weighted by molar-refractivity contribution is -0.113. The van der Waals surface area contributed by atoms with Crippen LogP contribution >= 0.6 is 0 Å². The molecule has 5 heteroatoms. The number of phenols is 1. The number of rotatable bonds is 4. The summed E-state index contributed by atoms with van der Waals surface area (Å²) in [4.78, 5) is 10.6. The van der Waals surface area contributed by atoms with Crippen LogP contribution in [0.25, 0.3) is 6.08 Å². The SMILES string of the molecule is COc1cc(/C=C/C(N)=O)c(O)c(OC)c1. The lowest BCUT2D eigenvalue weighted by Crippen LogP contribution is -2.05. The molecule has 0 aliphatic carbocycles. The van der Waals surface area contributed by atoms with Crippen molar-refractivity contribution in [3.63, 3.8) is 0 Å². The van der Waals surface area contributed by atoms with Gasteiger partial charge in [-0.2, -0.15) is 0 Å². The van der Waals surface area contributed by atoms with Gasteiger partial charge in [0.15, 0.2) is 11.5 Å². The van der Waals surface area contributed by atoms with E-state index in [1.807, 2.05) is 0 Å². The van der Waals surface area contributed by atoms with Gasteiger partial charge in [-0.25, -0.2) is 0 Å². The minimum Gasteiger partial charge on any atom is -0.504 e. The molecule has 0 spiro atoms. The van der Waals surface area contributed by atoms with Gasteiger partial charge >= 0.3 is 0 Å². The quantitative estimate of drug-likeness (QED) is 0.743. The van der Waals surface area contributed by atoms with E-state index in [0.717, 1.165) is 6.08 Å². The summed E-state index contributed by atoms with van der Waals surface area (Å²) in [6, 6.07) is 3.11. The van der Waals surface area contributed by atoms with Crippen LogP contribution in [0.1, 0.15) is 5.56 Å². The number of phenolic OH excluding ortho intramolecular Hbond substituents is 1. The Labute approximate surface area is 93.1 Å². The summed E-state index contributed by atoms with van der Waals surface area (Å²) in [5.41, 5.74) is 5.36. The number of methoxy groups -OCH3 is 2. The number of hydrogen-bond acceptors (Lipinski definition) is 4. The number of carbonyl (C=O) groups excluding carboxylic acids is 1. The van der Waals surface area contributed by atoms with Gasteiger partial charge in [-0.15, -0.1) is 0 Å². The smallest absolute Gasteiger partial charge is 0.241 e. The number of ether oxygens (including phenoxy) is 2. The fraction of sp³-hybridized carbons (Fsp3) is 0.182. The van der Waals surface area contributed by atoms with E-state index < -0.39 is 5.91 Å². The first kappa shape index (κ1) is 11.9. The average Bonchev–Trinajstić information content (AvgIpc) is 2.27. The molecule has 0 aliphatic heterocycles. The molecule has 0 heterocycles. The normalized spacial score (nSPS) is 10.4. The maximum atomic E-state index is 10.6. The third-order valence-corrected chi connectivity index (χ3v) is 1.96. The average molecular weight is 223 g/mol. The van der Waals surface area contributed by atoms with Crippen molar-refractivity contribution in [2.24, 2.45) is 5.73 Å². The molecule has 0 unspecified atom stereocenters. The summed E-state index contributed by atoms with van der Waals surface area (Å²) in [6.07, 6.45) is 2.54. The predicted molar refractivity (Wildman–Crippen MR) is 59.4 cm³/mol. The minimum atomic E-state index is -0.596. The summed E-state index contributed by atoms with van der Waals surface area (Å²) in [6.45, 7) is 0. The molecule has 0 saturated heterocycles. The molecule has 16 heavy (non-hydrogen) atoms. The number of primary amides is 1. The predicted octanol–water partition coefficient (Wildman–Crippen LogP) is 0.908. The fourth-order valence-electron chi connectivity index (χ4n) is 1.18. The van der Waals surface area contributed by atoms with Crippen LogP contribution < -0.4 is 15.2 Å². The Kier molecular flexibility index (Phi) is 3.77. The van der Waals surface area contributed by atoms with Crippen molar-refractivity contribution in [2.45, 2.75) is 0 Å². The third-order valence-electron chi connectivity index (χ3n) is 1.96. The third kappa shape index (κ3) is 2.66. The molecule has 3 N–H and O–H groups in total. The van der Waals surface area contributed by atoms with E-state index >= 15 is 0 Å². The van der Waals surface area contributed by atoms with Gasteiger partial charge in [0.05, 0.1) is 14.2 Å². The number of hydrogen-bond donors (Lipinski definition) is 2. The summed E-state index contributed by atoms with van der Waals surface area (Å²) >= 11 is 0. The van der Waals surface area contributed by atoms with Gasteiger partial charge in [-0.05, 0) is 12.1 Å². The number of amides is 1. The van der Waals surface area contributed by atoms with E-state index in [1.165, 1.54) is 26.4 Å². The first-order valence-electron chi connectivity index (χ1n) is 4.51. The minimum absolute atomic E-state index is 0.0687. The highest BCUT2D eigenvalue weighted by Gasteiger charge is 2.08. The van der Waals surface area contributed by atoms with Crippen LogP contribution in [0.2, 0.25) is 0 Å². The zero-order valence-corrected chi connectivity index (χ0v) is 9.06. The number of nitrogens with two attached hydrogens (primary N) is 1. The van der Waals surface area contributed by atoms with Crippen LogP contribution in [0, 0.1) is 0 Å². The van der Waals surface area contributed by atoms with E-state index in [2.05, 4.69) is 0 Å². The van der Waals surface area contributed by atoms with Crippen molar-refractivity contribution < 1.29 is 19.4 Å². The van der Waals surface area contributed by atoms with Gasteiger partial charge in [-0.1, -0.05) is 0 Å². The highest BCUT2D eigenvalue weighted by atomic mass is 16.5. The molecule has 0 aliphatic rings. The van der Waals surface area contributed by atoms with Crippen LogP contribution in [-0.2, 0) is 4.79 Å². The van der Waals surface area contributed by atoms with Crippen molar-refractivity contribution in [1.82, 2.24) is 0 Å². The molecular formula is C11H13NO4. The first-order chi connectivity index (χ1) is 7.58. The Balaban J connectivity index is 3.20. The first-order valence-corrected chi connectivity index (χ1v) is 4.51. The Morgan fingerprint density at radius 3 is 2.56 bits per heavy atom. The molecule has 5 nitrogen and oxygen atoms in total. The highest BCUT2D eigenvalue weighted by molar-refractivity contribution is 5.91. The van der Waals surface area contributed by atoms with E-state index in [1.54, 1.807) is 6.07 Å². The van der Waals surface area contributed by atoms with Crippen LogP contribution in [0.5, 0.6) is 17.2 Å². The maximum absolute atomic E-state index is 10.6. The van der Waals surface area contributed by atoms with Gasteiger partial charge in [-0.3, -0.25) is 4.79 Å². The second-order valence-electron chi connectivity index (χ2n) is 3.00. The van der Waals surface area contributed by atoms with Crippen LogP contribution in [0.3, 0.4) is 0 Å². The lowest BCUT2D eigenvalue weighted by atomic mass is 10.1. The van der Waals surface area contributed by atoms with Crippen molar-refractivity contribution in [1.29, 1.82) is 0 Å². The zero-order chi connectivity index (χ0) is 12.1. The molecule has 0 saturated carbocycles. The Bertz CT molecular complexity index is 426. The van der Waals surface area contributed by atoms with E-state index in [-0.39, 0.29) is 11.5 Å². The monoisotopic (exact) mass is 223 g/mol. The molecule has 1 aromatic rings. The Morgan fingerprint density at radius 1 is 1.38 bits per heavy atom. The molecule has 0 fully saturated rings. The molecule has 0 bridgehead atoms.